The van der Waals surface area contributed by atoms with Crippen LogP contribution in [0.15, 0.2) is 12.0 Å². The number of aryl methyl sites for hydroxylation is 1. The monoisotopic (exact) mass is 198 g/mol. The maximum absolute atomic E-state index is 11.1. The van der Waals surface area contributed by atoms with E-state index in [9.17, 15) is 9.90 Å². The minimum Gasteiger partial charge on any atom is -0.875 e. The highest BCUT2D eigenvalue weighted by molar-refractivity contribution is 7.07. The molecule has 70 valence electrons. The number of ketones is 1. The number of hydrogen-bond donors (Lipinski definition) is 0. The van der Waals surface area contributed by atoms with Crippen LogP contribution in [0.3, 0.4) is 0 Å². The molecule has 1 aromatic heterocycles. The molecule has 1 rings (SSSR count). The standard InChI is InChI=1S/C8H10N2O2S/c1-5(11)8(6(2)12)7-4-10(3)9-13-7/h4H,1-3H3. The van der Waals surface area contributed by atoms with Gasteiger partial charge in [0.15, 0.2) is 12.8 Å². The second kappa shape index (κ2) is 3.66. The Morgan fingerprint density at radius 2 is 2.23 bits per heavy atom. The molecule has 0 aliphatic heterocycles. The molecular formula is C8H10N2O2S. The van der Waals surface area contributed by atoms with Gasteiger partial charge in [0.2, 0.25) is 6.20 Å². The third-order valence-electron chi connectivity index (χ3n) is 1.52. The smallest absolute Gasteiger partial charge is 0.216 e. The van der Waals surface area contributed by atoms with E-state index in [1.807, 2.05) is 0 Å². The lowest BCUT2D eigenvalue weighted by Crippen LogP contribution is -2.27. The fraction of sp³-hybridized carbons (Fsp3) is 0.375. The van der Waals surface area contributed by atoms with Gasteiger partial charge in [0.05, 0.1) is 4.49 Å². The Morgan fingerprint density at radius 3 is 2.54 bits per heavy atom. The van der Waals surface area contributed by atoms with Gasteiger partial charge in [0.25, 0.3) is 0 Å². The van der Waals surface area contributed by atoms with E-state index in [0.29, 0.717) is 4.88 Å². The number of aromatic nitrogens is 2. The van der Waals surface area contributed by atoms with E-state index < -0.39 is 0 Å². The van der Waals surface area contributed by atoms with Crippen LogP contribution in [0.5, 0.6) is 0 Å². The van der Waals surface area contributed by atoms with E-state index >= 15 is 0 Å². The van der Waals surface area contributed by atoms with Crippen LogP contribution < -0.4 is 9.79 Å². The zero-order chi connectivity index (χ0) is 10.0. The van der Waals surface area contributed by atoms with Crippen molar-refractivity contribution in [3.8, 4) is 0 Å². The molecule has 0 radical (unpaired) electrons. The molecular weight excluding hydrogens is 188 g/mol. The number of nitrogens with zero attached hydrogens (tertiary/aromatic N) is 2. The van der Waals surface area contributed by atoms with Crippen molar-refractivity contribution in [2.24, 2.45) is 7.05 Å². The fourth-order valence-corrected chi connectivity index (χ4v) is 1.87. The second-order valence-corrected chi connectivity index (χ2v) is 3.51. The van der Waals surface area contributed by atoms with Gasteiger partial charge in [0, 0.05) is 17.1 Å². The maximum Gasteiger partial charge on any atom is 0.216 e. The zero-order valence-electron chi connectivity index (χ0n) is 7.70. The van der Waals surface area contributed by atoms with Gasteiger partial charge in [-0.1, -0.05) is 11.6 Å². The summed E-state index contributed by atoms with van der Waals surface area (Å²) in [6, 6.07) is 0. The summed E-state index contributed by atoms with van der Waals surface area (Å²) in [4.78, 5) is 11.7. The molecule has 0 aliphatic carbocycles. The molecule has 13 heavy (non-hydrogen) atoms. The average molecular weight is 198 g/mol. The zero-order valence-corrected chi connectivity index (χ0v) is 8.51. The van der Waals surface area contributed by atoms with E-state index in [1.54, 1.807) is 17.9 Å². The first kappa shape index (κ1) is 9.85. The number of rotatable bonds is 2. The minimum atomic E-state index is -0.211. The Hall–Kier alpha value is -1.23. The molecule has 1 aromatic rings. The molecule has 0 spiro atoms. The summed E-state index contributed by atoms with van der Waals surface area (Å²) in [7, 11) is 1.75. The third-order valence-corrected chi connectivity index (χ3v) is 2.37. The molecule has 0 aromatic carbocycles. The van der Waals surface area contributed by atoms with Crippen LogP contribution in [0, 0.1) is 0 Å². The third kappa shape index (κ3) is 2.12. The highest BCUT2D eigenvalue weighted by Gasteiger charge is 2.14. The first-order chi connectivity index (χ1) is 6.02. The first-order valence-electron chi connectivity index (χ1n) is 3.74. The Morgan fingerprint density at radius 1 is 1.62 bits per heavy atom. The largest absolute Gasteiger partial charge is 0.875 e. The molecule has 0 bridgehead atoms. The van der Waals surface area contributed by atoms with Crippen molar-refractivity contribution in [3.05, 3.63) is 16.8 Å². The molecule has 0 unspecified atom stereocenters. The Balaban J connectivity index is 3.19. The molecule has 0 saturated heterocycles. The Kier molecular flexibility index (Phi) is 2.77. The van der Waals surface area contributed by atoms with Crippen LogP contribution in [-0.4, -0.2) is 10.3 Å². The van der Waals surface area contributed by atoms with Crippen LogP contribution in [-0.2, 0) is 11.8 Å². The summed E-state index contributed by atoms with van der Waals surface area (Å²) in [5.41, 5.74) is 0.234. The minimum absolute atomic E-state index is 0.211. The van der Waals surface area contributed by atoms with Crippen molar-refractivity contribution >= 4 is 22.9 Å². The van der Waals surface area contributed by atoms with Gasteiger partial charge in [-0.15, -0.1) is 5.76 Å². The van der Waals surface area contributed by atoms with Gasteiger partial charge in [-0.2, -0.15) is 0 Å². The van der Waals surface area contributed by atoms with E-state index in [1.165, 1.54) is 13.8 Å². The molecule has 0 saturated carbocycles. The number of Topliss-reactive ketones (excluding diaryl/α,β-unsaturated/α-hetero) is 1. The second-order valence-electron chi connectivity index (χ2n) is 2.73. The summed E-state index contributed by atoms with van der Waals surface area (Å²) >= 11 is 1.15. The predicted octanol–water partition coefficient (Wildman–Crippen LogP) is -0.352. The molecule has 0 fully saturated rings. The lowest BCUT2D eigenvalue weighted by molar-refractivity contribution is -0.722. The lowest BCUT2D eigenvalue weighted by Gasteiger charge is -2.08. The predicted molar refractivity (Wildman–Crippen MR) is 46.6 cm³/mol. The summed E-state index contributed by atoms with van der Waals surface area (Å²) < 4.78 is 5.51. The van der Waals surface area contributed by atoms with Gasteiger partial charge in [-0.25, -0.2) is 0 Å². The molecule has 0 N–H and O–H groups in total. The highest BCUT2D eigenvalue weighted by atomic mass is 32.1. The van der Waals surface area contributed by atoms with Crippen LogP contribution in [0.2, 0.25) is 0 Å². The maximum atomic E-state index is 11.1. The number of allylic oxidation sites excluding steroid dienone is 2. The molecule has 5 heteroatoms. The molecule has 1 heterocycles. The van der Waals surface area contributed by atoms with Crippen molar-refractivity contribution in [3.63, 3.8) is 0 Å². The van der Waals surface area contributed by atoms with E-state index in [2.05, 4.69) is 4.49 Å². The number of carbonyl (C=O) groups excluding carboxylic acids is 1. The molecule has 0 amide bonds. The van der Waals surface area contributed by atoms with Crippen LogP contribution >= 0.6 is 11.5 Å². The van der Waals surface area contributed by atoms with Crippen molar-refractivity contribution in [1.29, 1.82) is 0 Å². The normalized spacial score (nSPS) is 12.5. The van der Waals surface area contributed by atoms with Gasteiger partial charge in [-0.3, -0.25) is 4.79 Å². The molecule has 4 nitrogen and oxygen atoms in total. The summed E-state index contributed by atoms with van der Waals surface area (Å²) in [5, 5.41) is 11.1. The fourth-order valence-electron chi connectivity index (χ4n) is 1.03. The first-order valence-corrected chi connectivity index (χ1v) is 4.51. The van der Waals surface area contributed by atoms with Gasteiger partial charge in [0.1, 0.15) is 4.88 Å². The van der Waals surface area contributed by atoms with E-state index in [-0.39, 0.29) is 17.1 Å². The number of hydrogen-bond acceptors (Lipinski definition) is 4. The van der Waals surface area contributed by atoms with Crippen molar-refractivity contribution in [2.75, 3.05) is 0 Å². The summed E-state index contributed by atoms with van der Waals surface area (Å²) in [6.45, 7) is 2.77. The SMILES string of the molecule is CC(=O)/C(=C(/C)[O-])c1c[n+](C)ns1. The highest BCUT2D eigenvalue weighted by Crippen LogP contribution is 2.18. The quantitative estimate of drug-likeness (QED) is 0.371. The summed E-state index contributed by atoms with van der Waals surface area (Å²) in [6.07, 6.45) is 1.67. The molecule has 0 aliphatic rings. The lowest BCUT2D eigenvalue weighted by atomic mass is 10.1. The Bertz CT molecular complexity index is 364. The van der Waals surface area contributed by atoms with Crippen LogP contribution in [0.1, 0.15) is 18.7 Å². The van der Waals surface area contributed by atoms with Gasteiger partial charge >= 0.3 is 0 Å². The van der Waals surface area contributed by atoms with Crippen LogP contribution in [0.25, 0.3) is 5.57 Å². The molecule has 0 atom stereocenters. The number of carbonyl (C=O) groups is 1. The summed E-state index contributed by atoms with van der Waals surface area (Å²) in [5.74, 6) is -0.423. The van der Waals surface area contributed by atoms with Crippen molar-refractivity contribution in [2.45, 2.75) is 13.8 Å². The van der Waals surface area contributed by atoms with Crippen molar-refractivity contribution in [1.82, 2.24) is 4.49 Å². The van der Waals surface area contributed by atoms with Crippen molar-refractivity contribution < 1.29 is 14.6 Å². The topological polar surface area (TPSA) is 56.9 Å². The van der Waals surface area contributed by atoms with Gasteiger partial charge < -0.3 is 5.11 Å². The van der Waals surface area contributed by atoms with E-state index in [0.717, 1.165) is 11.5 Å². The average Bonchev–Trinajstić information content (AvgIpc) is 2.34. The van der Waals surface area contributed by atoms with E-state index in [4.69, 9.17) is 0 Å². The van der Waals surface area contributed by atoms with Gasteiger partial charge in [-0.05, 0) is 6.92 Å². The Labute approximate surface area is 80.3 Å². The van der Waals surface area contributed by atoms with Crippen LogP contribution in [0.4, 0.5) is 0 Å².